The van der Waals surface area contributed by atoms with E-state index in [2.05, 4.69) is 29.2 Å². The number of anilines is 1. The molecule has 1 unspecified atom stereocenters. The van der Waals surface area contributed by atoms with E-state index >= 15 is 0 Å². The van der Waals surface area contributed by atoms with E-state index in [-0.39, 0.29) is 22.7 Å². The van der Waals surface area contributed by atoms with Gasteiger partial charge >= 0.3 is 5.69 Å². The van der Waals surface area contributed by atoms with Crippen LogP contribution in [0.2, 0.25) is 5.15 Å². The summed E-state index contributed by atoms with van der Waals surface area (Å²) in [7, 11) is 2.07. The first-order valence-electron chi connectivity index (χ1n) is 6.25. The third-order valence-electron chi connectivity index (χ3n) is 3.42. The van der Waals surface area contributed by atoms with Crippen LogP contribution in [0.4, 0.5) is 11.5 Å². The van der Waals surface area contributed by atoms with Crippen molar-refractivity contribution < 1.29 is 4.92 Å². The smallest absolute Gasteiger partial charge is 0.311 e. The van der Waals surface area contributed by atoms with Gasteiger partial charge in [0.1, 0.15) is 5.15 Å². The van der Waals surface area contributed by atoms with Crippen molar-refractivity contribution in [2.24, 2.45) is 0 Å². The first-order valence-corrected chi connectivity index (χ1v) is 6.63. The highest BCUT2D eigenvalue weighted by Crippen LogP contribution is 2.28. The van der Waals surface area contributed by atoms with Gasteiger partial charge in [-0.25, -0.2) is 4.98 Å². The van der Waals surface area contributed by atoms with Gasteiger partial charge in [-0.3, -0.25) is 15.0 Å². The number of nitrogens with zero attached hydrogens (tertiary/aromatic N) is 3. The molecule has 0 amide bonds. The molecule has 0 saturated heterocycles. The molecule has 6 nitrogen and oxygen atoms in total. The third-order valence-corrected chi connectivity index (χ3v) is 3.63. The predicted octanol–water partition coefficient (Wildman–Crippen LogP) is 2.54. The molecule has 1 saturated carbocycles. The molecule has 0 aliphatic heterocycles. The van der Waals surface area contributed by atoms with Gasteiger partial charge in [-0.1, -0.05) is 11.6 Å². The molecule has 0 spiro atoms. The highest BCUT2D eigenvalue weighted by atomic mass is 35.5. The summed E-state index contributed by atoms with van der Waals surface area (Å²) in [6.45, 7) is 2.68. The minimum atomic E-state index is -0.457. The summed E-state index contributed by atoms with van der Waals surface area (Å²) in [5.74, 6) is 0.230. The van der Waals surface area contributed by atoms with E-state index in [1.165, 1.54) is 25.0 Å². The Morgan fingerprint density at radius 1 is 1.63 bits per heavy atom. The van der Waals surface area contributed by atoms with Crippen LogP contribution < -0.4 is 5.32 Å². The van der Waals surface area contributed by atoms with Crippen molar-refractivity contribution in [3.8, 4) is 0 Å². The zero-order chi connectivity index (χ0) is 14.0. The van der Waals surface area contributed by atoms with Crippen molar-refractivity contribution in [1.29, 1.82) is 0 Å². The Kier molecular flexibility index (Phi) is 4.21. The Morgan fingerprint density at radius 3 is 2.89 bits per heavy atom. The van der Waals surface area contributed by atoms with Crippen LogP contribution in [0.25, 0.3) is 0 Å². The van der Waals surface area contributed by atoms with Gasteiger partial charge in [0.2, 0.25) is 5.82 Å². The molecule has 0 radical (unpaired) electrons. The van der Waals surface area contributed by atoms with Crippen LogP contribution in [0.5, 0.6) is 0 Å². The van der Waals surface area contributed by atoms with Crippen molar-refractivity contribution in [3.63, 3.8) is 0 Å². The normalized spacial score (nSPS) is 16.4. The Labute approximate surface area is 116 Å². The second-order valence-corrected chi connectivity index (χ2v) is 5.27. The van der Waals surface area contributed by atoms with E-state index in [1.807, 2.05) is 0 Å². The van der Waals surface area contributed by atoms with Gasteiger partial charge in [0.15, 0.2) is 0 Å². The van der Waals surface area contributed by atoms with E-state index in [0.29, 0.717) is 12.6 Å². The Morgan fingerprint density at radius 2 is 2.32 bits per heavy atom. The highest BCUT2D eigenvalue weighted by molar-refractivity contribution is 6.29. The number of likely N-dealkylation sites (N-methyl/N-ethyl adjacent to an activating group) is 1. The molecule has 1 aliphatic carbocycles. The van der Waals surface area contributed by atoms with Crippen LogP contribution in [0, 0.1) is 10.1 Å². The lowest BCUT2D eigenvalue weighted by atomic mass is 10.3. The maximum Gasteiger partial charge on any atom is 0.311 e. The van der Waals surface area contributed by atoms with Gasteiger partial charge in [0, 0.05) is 24.7 Å². The molecule has 1 atom stereocenters. The van der Waals surface area contributed by atoms with Crippen molar-refractivity contribution in [1.82, 2.24) is 9.88 Å². The second kappa shape index (κ2) is 5.71. The fourth-order valence-electron chi connectivity index (χ4n) is 1.94. The minimum Gasteiger partial charge on any atom is -0.363 e. The van der Waals surface area contributed by atoms with Crippen molar-refractivity contribution in [2.45, 2.75) is 31.8 Å². The van der Waals surface area contributed by atoms with Gasteiger partial charge in [-0.2, -0.15) is 0 Å². The lowest BCUT2D eigenvalue weighted by molar-refractivity contribution is -0.384. The number of aromatic nitrogens is 1. The lowest BCUT2D eigenvalue weighted by Gasteiger charge is -2.24. The van der Waals surface area contributed by atoms with Crippen LogP contribution in [0.1, 0.15) is 19.8 Å². The van der Waals surface area contributed by atoms with Crippen LogP contribution in [-0.2, 0) is 0 Å². The molecule has 104 valence electrons. The molecule has 1 aliphatic rings. The molecule has 1 aromatic rings. The largest absolute Gasteiger partial charge is 0.363 e. The Bertz CT molecular complexity index is 479. The van der Waals surface area contributed by atoms with Gasteiger partial charge in [0.25, 0.3) is 0 Å². The van der Waals surface area contributed by atoms with Crippen molar-refractivity contribution in [2.75, 3.05) is 18.9 Å². The average molecular weight is 285 g/mol. The summed E-state index contributed by atoms with van der Waals surface area (Å²) in [6, 6.07) is 3.73. The number of nitrogens with one attached hydrogen (secondary N) is 1. The first kappa shape index (κ1) is 14.0. The lowest BCUT2D eigenvalue weighted by Crippen LogP contribution is -2.36. The Balaban J connectivity index is 2.01. The number of hydrogen-bond donors (Lipinski definition) is 1. The number of rotatable bonds is 6. The molecule has 1 heterocycles. The van der Waals surface area contributed by atoms with Gasteiger partial charge in [-0.05, 0) is 32.9 Å². The van der Waals surface area contributed by atoms with E-state index in [9.17, 15) is 10.1 Å². The monoisotopic (exact) mass is 284 g/mol. The van der Waals surface area contributed by atoms with Gasteiger partial charge in [0.05, 0.1) is 4.92 Å². The highest BCUT2D eigenvalue weighted by Gasteiger charge is 2.29. The summed E-state index contributed by atoms with van der Waals surface area (Å²) in [5.41, 5.74) is -0.0503. The zero-order valence-corrected chi connectivity index (χ0v) is 11.7. The number of nitro groups is 1. The summed E-state index contributed by atoms with van der Waals surface area (Å²) < 4.78 is 0. The molecule has 0 aromatic carbocycles. The molecular weight excluding hydrogens is 268 g/mol. The van der Waals surface area contributed by atoms with Gasteiger partial charge < -0.3 is 5.32 Å². The predicted molar refractivity (Wildman–Crippen MR) is 74.6 cm³/mol. The summed E-state index contributed by atoms with van der Waals surface area (Å²) >= 11 is 5.78. The minimum absolute atomic E-state index is 0.0503. The third kappa shape index (κ3) is 3.54. The maximum atomic E-state index is 10.9. The van der Waals surface area contributed by atoms with Crippen molar-refractivity contribution in [3.05, 3.63) is 27.4 Å². The standard InChI is InChI=1S/C12H17ClN4O2/c1-8(16(2)9-3-4-9)7-14-12-10(17(18)19)5-6-11(13)15-12/h5-6,8-9H,3-4,7H2,1-2H3,(H,14,15). The fourth-order valence-corrected chi connectivity index (χ4v) is 2.08. The van der Waals surface area contributed by atoms with E-state index < -0.39 is 4.92 Å². The summed E-state index contributed by atoms with van der Waals surface area (Å²) in [4.78, 5) is 16.7. The van der Waals surface area contributed by atoms with Crippen LogP contribution >= 0.6 is 11.6 Å². The molecule has 2 rings (SSSR count). The quantitative estimate of drug-likeness (QED) is 0.494. The van der Waals surface area contributed by atoms with E-state index in [4.69, 9.17) is 11.6 Å². The molecule has 1 fully saturated rings. The molecule has 7 heteroatoms. The molecule has 19 heavy (non-hydrogen) atoms. The van der Waals surface area contributed by atoms with Crippen LogP contribution in [-0.4, -0.2) is 40.5 Å². The number of hydrogen-bond acceptors (Lipinski definition) is 5. The topological polar surface area (TPSA) is 71.3 Å². The SMILES string of the molecule is CC(CNc1nc(Cl)ccc1[N+](=O)[O-])N(C)C1CC1. The van der Waals surface area contributed by atoms with Crippen LogP contribution in [0.15, 0.2) is 12.1 Å². The molecule has 1 N–H and O–H groups in total. The molecular formula is C12H17ClN4O2. The fraction of sp³-hybridized carbons (Fsp3) is 0.583. The van der Waals surface area contributed by atoms with Gasteiger partial charge in [-0.15, -0.1) is 0 Å². The van der Waals surface area contributed by atoms with Crippen molar-refractivity contribution >= 4 is 23.1 Å². The number of pyridine rings is 1. The summed E-state index contributed by atoms with van der Waals surface area (Å²) in [5, 5.41) is 14.2. The summed E-state index contributed by atoms with van der Waals surface area (Å²) in [6.07, 6.45) is 2.47. The average Bonchev–Trinajstić information content (AvgIpc) is 3.18. The zero-order valence-electron chi connectivity index (χ0n) is 11.0. The van der Waals surface area contributed by atoms with Crippen LogP contribution in [0.3, 0.4) is 0 Å². The number of halogens is 1. The molecule has 1 aromatic heterocycles. The molecule has 0 bridgehead atoms. The second-order valence-electron chi connectivity index (χ2n) is 4.89. The van der Waals surface area contributed by atoms with E-state index in [0.717, 1.165) is 0 Å². The Hall–Kier alpha value is -1.40. The van der Waals surface area contributed by atoms with E-state index in [1.54, 1.807) is 0 Å². The maximum absolute atomic E-state index is 10.9. The first-order chi connectivity index (χ1) is 8.99.